The zero-order chi connectivity index (χ0) is 23.9. The van der Waals surface area contributed by atoms with Gasteiger partial charge in [0.25, 0.3) is 5.91 Å². The Hall–Kier alpha value is -2.58. The molecule has 2 aromatic carbocycles. The highest BCUT2D eigenvalue weighted by Crippen LogP contribution is 2.35. The monoisotopic (exact) mass is 458 g/mol. The van der Waals surface area contributed by atoms with Crippen LogP contribution >= 0.6 is 11.6 Å². The lowest BCUT2D eigenvalue weighted by Crippen LogP contribution is -2.28. The summed E-state index contributed by atoms with van der Waals surface area (Å²) in [5, 5.41) is 12.9. The highest BCUT2D eigenvalue weighted by molar-refractivity contribution is 6.31. The van der Waals surface area contributed by atoms with Crippen molar-refractivity contribution in [1.82, 2.24) is 5.32 Å². The van der Waals surface area contributed by atoms with Crippen LogP contribution in [0.25, 0.3) is 0 Å². The summed E-state index contributed by atoms with van der Waals surface area (Å²) in [6.07, 6.45) is -4.50. The number of hydrogen-bond acceptors (Lipinski definition) is 4. The zero-order valence-corrected chi connectivity index (χ0v) is 19.0. The molecule has 0 spiro atoms. The SMILES string of the molecule is CC.COCc1cc(C(F)(F)F)cc(C)c1N=C(C)NC(=O)c1cc(Cl)cc(C)c1O. The van der Waals surface area contributed by atoms with Crippen LogP contribution in [0.4, 0.5) is 18.9 Å². The average Bonchev–Trinajstić information content (AvgIpc) is 2.68. The first kappa shape index (κ1) is 26.5. The molecule has 31 heavy (non-hydrogen) atoms. The van der Waals surface area contributed by atoms with Crippen LogP contribution in [0.15, 0.2) is 29.3 Å². The lowest BCUT2D eigenvalue weighted by molar-refractivity contribution is -0.137. The van der Waals surface area contributed by atoms with Gasteiger partial charge in [-0.15, -0.1) is 0 Å². The number of methoxy groups -OCH3 is 1. The van der Waals surface area contributed by atoms with E-state index in [1.165, 1.54) is 33.1 Å². The van der Waals surface area contributed by atoms with Crippen molar-refractivity contribution in [1.29, 1.82) is 0 Å². The molecule has 0 heterocycles. The van der Waals surface area contributed by atoms with Crippen molar-refractivity contribution < 1.29 is 27.8 Å². The van der Waals surface area contributed by atoms with E-state index < -0.39 is 17.6 Å². The minimum Gasteiger partial charge on any atom is -0.507 e. The summed E-state index contributed by atoms with van der Waals surface area (Å²) in [7, 11) is 1.36. The van der Waals surface area contributed by atoms with Crippen molar-refractivity contribution in [2.24, 2.45) is 4.99 Å². The molecule has 0 aliphatic carbocycles. The molecule has 0 unspecified atom stereocenters. The second-order valence-corrected chi connectivity index (χ2v) is 6.94. The molecule has 170 valence electrons. The number of alkyl halides is 3. The average molecular weight is 459 g/mol. The number of carbonyl (C=O) groups is 1. The number of phenolic OH excluding ortho intramolecular Hbond substituents is 1. The summed E-state index contributed by atoms with van der Waals surface area (Å²) in [4.78, 5) is 16.7. The Bertz CT molecular complexity index is 973. The maximum absolute atomic E-state index is 13.1. The minimum absolute atomic E-state index is 0.0363. The topological polar surface area (TPSA) is 70.9 Å². The molecular formula is C22H26ClF3N2O3. The molecule has 1 amide bonds. The number of halogens is 4. The summed E-state index contributed by atoms with van der Waals surface area (Å²) in [5.41, 5.74) is 0.368. The standard InChI is InChI=1S/C20H20ClF3N2O3.C2H6/c1-10-5-14(20(22,23)24)7-13(9-29-4)17(10)25-12(3)26-19(28)16-8-15(21)6-11(2)18(16)27;1-2/h5-8,27H,9H2,1-4H3,(H,25,26,28);1-2H3. The van der Waals surface area contributed by atoms with Gasteiger partial charge in [-0.25, -0.2) is 4.99 Å². The molecule has 2 rings (SSSR count). The molecular weight excluding hydrogens is 433 g/mol. The van der Waals surface area contributed by atoms with Gasteiger partial charge < -0.3 is 15.2 Å². The maximum atomic E-state index is 13.1. The first-order valence-corrected chi connectivity index (χ1v) is 9.87. The van der Waals surface area contributed by atoms with Gasteiger partial charge in [0.05, 0.1) is 23.4 Å². The van der Waals surface area contributed by atoms with Gasteiger partial charge >= 0.3 is 6.18 Å². The molecule has 2 N–H and O–H groups in total. The van der Waals surface area contributed by atoms with E-state index in [2.05, 4.69) is 10.3 Å². The van der Waals surface area contributed by atoms with Crippen LogP contribution in [0, 0.1) is 13.8 Å². The van der Waals surface area contributed by atoms with Gasteiger partial charge in [0.2, 0.25) is 0 Å². The normalized spacial score (nSPS) is 11.6. The quantitative estimate of drug-likeness (QED) is 0.415. The summed E-state index contributed by atoms with van der Waals surface area (Å²) in [6.45, 7) is 8.50. The number of carbonyl (C=O) groups excluding carboxylic acids is 1. The predicted molar refractivity (Wildman–Crippen MR) is 116 cm³/mol. The fourth-order valence-electron chi connectivity index (χ4n) is 2.78. The van der Waals surface area contributed by atoms with E-state index in [0.717, 1.165) is 12.1 Å². The number of phenols is 1. The first-order valence-electron chi connectivity index (χ1n) is 9.49. The third kappa shape index (κ3) is 6.97. The number of nitrogens with zero attached hydrogens (tertiary/aromatic N) is 1. The Labute approximate surface area is 184 Å². The Morgan fingerprint density at radius 1 is 1.16 bits per heavy atom. The van der Waals surface area contributed by atoms with Gasteiger partial charge in [-0.05, 0) is 56.2 Å². The van der Waals surface area contributed by atoms with Crippen LogP contribution in [-0.2, 0) is 17.5 Å². The molecule has 0 atom stereocenters. The summed E-state index contributed by atoms with van der Waals surface area (Å²) in [5.74, 6) is -0.732. The third-order valence-corrected chi connectivity index (χ3v) is 4.31. The zero-order valence-electron chi connectivity index (χ0n) is 18.2. The van der Waals surface area contributed by atoms with Gasteiger partial charge in [-0.2, -0.15) is 13.2 Å². The van der Waals surface area contributed by atoms with Crippen molar-refractivity contribution in [3.63, 3.8) is 0 Å². The number of rotatable bonds is 4. The highest BCUT2D eigenvalue weighted by Gasteiger charge is 2.31. The van der Waals surface area contributed by atoms with Crippen molar-refractivity contribution in [3.8, 4) is 5.75 Å². The maximum Gasteiger partial charge on any atom is 0.416 e. The van der Waals surface area contributed by atoms with Crippen molar-refractivity contribution in [2.45, 2.75) is 47.4 Å². The molecule has 0 radical (unpaired) electrons. The smallest absolute Gasteiger partial charge is 0.416 e. The molecule has 0 aliphatic rings. The molecule has 5 nitrogen and oxygen atoms in total. The van der Waals surface area contributed by atoms with E-state index in [-0.39, 0.29) is 45.6 Å². The summed E-state index contributed by atoms with van der Waals surface area (Å²) >= 11 is 5.93. The number of ether oxygens (including phenoxy) is 1. The largest absolute Gasteiger partial charge is 0.507 e. The lowest BCUT2D eigenvalue weighted by atomic mass is 10.0. The summed E-state index contributed by atoms with van der Waals surface area (Å²) < 4.78 is 44.2. The molecule has 2 aromatic rings. The number of amides is 1. The molecule has 0 saturated heterocycles. The van der Waals surface area contributed by atoms with Crippen LogP contribution in [-0.4, -0.2) is 24.0 Å². The van der Waals surface area contributed by atoms with E-state index >= 15 is 0 Å². The Morgan fingerprint density at radius 3 is 2.32 bits per heavy atom. The number of aliphatic imine (C=N–C) groups is 1. The molecule has 0 aliphatic heterocycles. The van der Waals surface area contributed by atoms with E-state index in [9.17, 15) is 23.1 Å². The fourth-order valence-corrected chi connectivity index (χ4v) is 3.05. The number of amidine groups is 1. The Kier molecular flexibility index (Phi) is 9.52. The van der Waals surface area contributed by atoms with Crippen LogP contribution in [0.1, 0.15) is 53.4 Å². The number of aromatic hydroxyl groups is 1. The van der Waals surface area contributed by atoms with Crippen molar-refractivity contribution >= 4 is 29.0 Å². The molecule has 0 fully saturated rings. The number of nitrogens with one attached hydrogen (secondary N) is 1. The van der Waals surface area contributed by atoms with Gasteiger partial charge in [0, 0.05) is 17.7 Å². The first-order chi connectivity index (χ1) is 14.4. The van der Waals surface area contributed by atoms with Crippen LogP contribution < -0.4 is 5.32 Å². The number of aryl methyl sites for hydroxylation is 2. The molecule has 0 bridgehead atoms. The number of benzene rings is 2. The van der Waals surface area contributed by atoms with E-state index in [0.29, 0.717) is 5.56 Å². The van der Waals surface area contributed by atoms with Gasteiger partial charge in [0.1, 0.15) is 11.6 Å². The molecule has 0 saturated carbocycles. The second-order valence-electron chi connectivity index (χ2n) is 6.50. The number of hydrogen-bond donors (Lipinski definition) is 2. The van der Waals surface area contributed by atoms with Crippen molar-refractivity contribution in [2.75, 3.05) is 7.11 Å². The van der Waals surface area contributed by atoms with Crippen molar-refractivity contribution in [3.05, 3.63) is 57.1 Å². The van der Waals surface area contributed by atoms with E-state index in [1.54, 1.807) is 6.92 Å². The second kappa shape index (κ2) is 11.2. The van der Waals surface area contributed by atoms with Gasteiger partial charge in [-0.3, -0.25) is 4.79 Å². The van der Waals surface area contributed by atoms with Gasteiger partial charge in [0.15, 0.2) is 0 Å². The fraction of sp³-hybridized carbons (Fsp3) is 0.364. The minimum atomic E-state index is -4.50. The van der Waals surface area contributed by atoms with Gasteiger partial charge in [-0.1, -0.05) is 25.4 Å². The third-order valence-electron chi connectivity index (χ3n) is 4.09. The molecule has 9 heteroatoms. The Balaban J connectivity index is 0.00000233. The van der Waals surface area contributed by atoms with E-state index in [1.807, 2.05) is 13.8 Å². The van der Waals surface area contributed by atoms with Crippen LogP contribution in [0.2, 0.25) is 5.02 Å². The molecule has 0 aromatic heterocycles. The lowest BCUT2D eigenvalue weighted by Gasteiger charge is -2.15. The van der Waals surface area contributed by atoms with E-state index in [4.69, 9.17) is 16.3 Å². The predicted octanol–water partition coefficient (Wildman–Crippen LogP) is 6.33. The Morgan fingerprint density at radius 2 is 1.77 bits per heavy atom. The van der Waals surface area contributed by atoms with Crippen LogP contribution in [0.5, 0.6) is 5.75 Å². The highest BCUT2D eigenvalue weighted by atomic mass is 35.5. The van der Waals surface area contributed by atoms with Crippen LogP contribution in [0.3, 0.4) is 0 Å². The summed E-state index contributed by atoms with van der Waals surface area (Å²) in [6, 6.07) is 4.78.